The fraction of sp³-hybridized carbons (Fsp3) is 0.0769. The molecule has 0 saturated carbocycles. The van der Waals surface area contributed by atoms with Crippen LogP contribution in [0.25, 0.3) is 0 Å². The third kappa shape index (κ3) is 2.81. The van der Waals surface area contributed by atoms with Crippen LogP contribution in [0.1, 0.15) is 16.1 Å². The van der Waals surface area contributed by atoms with Gasteiger partial charge in [-0.3, -0.25) is 9.78 Å². The number of aromatic nitrogens is 1. The van der Waals surface area contributed by atoms with E-state index in [0.29, 0.717) is 18.6 Å². The van der Waals surface area contributed by atoms with Crippen LogP contribution in [-0.2, 0) is 6.61 Å². The zero-order valence-electron chi connectivity index (χ0n) is 9.04. The van der Waals surface area contributed by atoms with Crippen molar-refractivity contribution in [3.8, 4) is 11.5 Å². The first kappa shape index (κ1) is 11.1. The van der Waals surface area contributed by atoms with Crippen molar-refractivity contribution < 1.29 is 14.6 Å². The van der Waals surface area contributed by atoms with Crippen LogP contribution in [0.5, 0.6) is 11.5 Å². The van der Waals surface area contributed by atoms with Crippen molar-refractivity contribution in [2.45, 2.75) is 6.61 Å². The van der Waals surface area contributed by atoms with Crippen LogP contribution < -0.4 is 4.74 Å². The molecule has 2 aromatic rings. The Balaban J connectivity index is 2.05. The number of rotatable bonds is 4. The van der Waals surface area contributed by atoms with E-state index >= 15 is 0 Å². The summed E-state index contributed by atoms with van der Waals surface area (Å²) >= 11 is 0. The molecule has 0 atom stereocenters. The van der Waals surface area contributed by atoms with Gasteiger partial charge in [0, 0.05) is 12.3 Å². The van der Waals surface area contributed by atoms with E-state index in [1.165, 1.54) is 12.1 Å². The van der Waals surface area contributed by atoms with Crippen LogP contribution in [-0.4, -0.2) is 16.4 Å². The molecule has 0 bridgehead atoms. The van der Waals surface area contributed by atoms with E-state index in [-0.39, 0.29) is 11.3 Å². The second-order valence-corrected chi connectivity index (χ2v) is 3.45. The number of carbonyl (C=O) groups is 1. The monoisotopic (exact) mass is 229 g/mol. The SMILES string of the molecule is O=Cc1ccc(OCc2ccccn2)cc1O. The van der Waals surface area contributed by atoms with Crippen molar-refractivity contribution in [1.29, 1.82) is 0 Å². The van der Waals surface area contributed by atoms with E-state index in [9.17, 15) is 9.90 Å². The molecule has 0 fully saturated rings. The van der Waals surface area contributed by atoms with E-state index in [1.54, 1.807) is 12.3 Å². The van der Waals surface area contributed by atoms with Gasteiger partial charge < -0.3 is 9.84 Å². The largest absolute Gasteiger partial charge is 0.507 e. The molecule has 0 aliphatic heterocycles. The van der Waals surface area contributed by atoms with Crippen molar-refractivity contribution in [1.82, 2.24) is 4.98 Å². The Kier molecular flexibility index (Phi) is 3.35. The molecule has 0 aliphatic rings. The van der Waals surface area contributed by atoms with Crippen molar-refractivity contribution in [3.63, 3.8) is 0 Å². The summed E-state index contributed by atoms with van der Waals surface area (Å²) in [6.07, 6.45) is 2.28. The molecule has 1 heterocycles. The Labute approximate surface area is 98.5 Å². The zero-order chi connectivity index (χ0) is 12.1. The summed E-state index contributed by atoms with van der Waals surface area (Å²) in [6, 6.07) is 10.1. The highest BCUT2D eigenvalue weighted by Gasteiger charge is 2.02. The molecule has 0 saturated heterocycles. The standard InChI is InChI=1S/C13H11NO3/c15-8-10-4-5-12(7-13(10)16)17-9-11-3-1-2-6-14-11/h1-8,16H,9H2. The molecule has 0 spiro atoms. The van der Waals surface area contributed by atoms with Gasteiger partial charge in [-0.05, 0) is 24.3 Å². The van der Waals surface area contributed by atoms with E-state index in [0.717, 1.165) is 5.69 Å². The number of pyridine rings is 1. The minimum Gasteiger partial charge on any atom is -0.507 e. The highest BCUT2D eigenvalue weighted by molar-refractivity contribution is 5.79. The predicted molar refractivity (Wildman–Crippen MR) is 62.1 cm³/mol. The fourth-order valence-corrected chi connectivity index (χ4v) is 1.35. The number of hydrogen-bond acceptors (Lipinski definition) is 4. The average molecular weight is 229 g/mol. The van der Waals surface area contributed by atoms with Crippen molar-refractivity contribution in [2.24, 2.45) is 0 Å². The lowest BCUT2D eigenvalue weighted by Crippen LogP contribution is -1.97. The van der Waals surface area contributed by atoms with Gasteiger partial charge in [-0.2, -0.15) is 0 Å². The quantitative estimate of drug-likeness (QED) is 0.816. The predicted octanol–water partition coefficient (Wildman–Crippen LogP) is 2.18. The van der Waals surface area contributed by atoms with E-state index in [1.807, 2.05) is 18.2 Å². The number of phenols is 1. The molecular weight excluding hydrogens is 218 g/mol. The Hall–Kier alpha value is -2.36. The summed E-state index contributed by atoms with van der Waals surface area (Å²) in [5.41, 5.74) is 1.04. The molecule has 1 N–H and O–H groups in total. The summed E-state index contributed by atoms with van der Waals surface area (Å²) in [5, 5.41) is 9.46. The first-order chi connectivity index (χ1) is 8.29. The zero-order valence-corrected chi connectivity index (χ0v) is 9.04. The highest BCUT2D eigenvalue weighted by atomic mass is 16.5. The molecule has 0 aliphatic carbocycles. The number of nitrogens with zero attached hydrogens (tertiary/aromatic N) is 1. The number of carbonyl (C=O) groups excluding carboxylic acids is 1. The van der Waals surface area contributed by atoms with E-state index in [2.05, 4.69) is 4.98 Å². The maximum absolute atomic E-state index is 10.5. The van der Waals surface area contributed by atoms with Gasteiger partial charge in [-0.25, -0.2) is 0 Å². The lowest BCUT2D eigenvalue weighted by Gasteiger charge is -2.06. The molecule has 1 aromatic carbocycles. The van der Waals surface area contributed by atoms with Gasteiger partial charge >= 0.3 is 0 Å². The van der Waals surface area contributed by atoms with Crippen molar-refractivity contribution >= 4 is 6.29 Å². The Morgan fingerprint density at radius 3 is 2.82 bits per heavy atom. The molecule has 2 rings (SSSR count). The molecule has 4 heteroatoms. The van der Waals surface area contributed by atoms with Crippen LogP contribution >= 0.6 is 0 Å². The van der Waals surface area contributed by atoms with Crippen LogP contribution in [0.15, 0.2) is 42.6 Å². The van der Waals surface area contributed by atoms with E-state index < -0.39 is 0 Å². The van der Waals surface area contributed by atoms with Gasteiger partial charge in [-0.15, -0.1) is 0 Å². The van der Waals surface area contributed by atoms with Gasteiger partial charge in [0.1, 0.15) is 18.1 Å². The average Bonchev–Trinajstić information content (AvgIpc) is 2.38. The Morgan fingerprint density at radius 2 is 2.18 bits per heavy atom. The minimum absolute atomic E-state index is 0.0847. The normalized spacial score (nSPS) is 9.88. The van der Waals surface area contributed by atoms with Crippen LogP contribution in [0, 0.1) is 0 Å². The van der Waals surface area contributed by atoms with Crippen LogP contribution in [0.4, 0.5) is 0 Å². The second kappa shape index (κ2) is 5.12. The van der Waals surface area contributed by atoms with Gasteiger partial charge in [0.2, 0.25) is 0 Å². The minimum atomic E-state index is -0.0847. The summed E-state index contributed by atoms with van der Waals surface area (Å²) < 4.78 is 5.43. The molecule has 4 nitrogen and oxygen atoms in total. The smallest absolute Gasteiger partial charge is 0.153 e. The number of hydrogen-bond donors (Lipinski definition) is 1. The van der Waals surface area contributed by atoms with Crippen LogP contribution in [0.2, 0.25) is 0 Å². The molecule has 86 valence electrons. The maximum atomic E-state index is 10.5. The Bertz CT molecular complexity index is 511. The number of phenolic OH excluding ortho intramolecular Hbond substituents is 1. The number of ether oxygens (including phenoxy) is 1. The summed E-state index contributed by atoms with van der Waals surface area (Å²) in [4.78, 5) is 14.6. The molecule has 1 aromatic heterocycles. The number of aldehydes is 1. The lowest BCUT2D eigenvalue weighted by atomic mass is 10.2. The third-order valence-electron chi connectivity index (χ3n) is 2.24. The summed E-state index contributed by atoms with van der Waals surface area (Å²) in [5.74, 6) is 0.414. The maximum Gasteiger partial charge on any atom is 0.153 e. The first-order valence-corrected chi connectivity index (χ1v) is 5.10. The van der Waals surface area contributed by atoms with Crippen LogP contribution in [0.3, 0.4) is 0 Å². The van der Waals surface area contributed by atoms with E-state index in [4.69, 9.17) is 4.74 Å². The van der Waals surface area contributed by atoms with Gasteiger partial charge in [0.25, 0.3) is 0 Å². The molecular formula is C13H11NO3. The van der Waals surface area contributed by atoms with Crippen molar-refractivity contribution in [2.75, 3.05) is 0 Å². The second-order valence-electron chi connectivity index (χ2n) is 3.45. The van der Waals surface area contributed by atoms with Crippen molar-refractivity contribution in [3.05, 3.63) is 53.9 Å². The summed E-state index contributed by atoms with van der Waals surface area (Å²) in [7, 11) is 0. The fourth-order valence-electron chi connectivity index (χ4n) is 1.35. The Morgan fingerprint density at radius 1 is 1.29 bits per heavy atom. The van der Waals surface area contributed by atoms with Gasteiger partial charge in [0.15, 0.2) is 6.29 Å². The molecule has 17 heavy (non-hydrogen) atoms. The topological polar surface area (TPSA) is 59.4 Å². The first-order valence-electron chi connectivity index (χ1n) is 5.10. The highest BCUT2D eigenvalue weighted by Crippen LogP contribution is 2.22. The summed E-state index contributed by atoms with van der Waals surface area (Å²) in [6.45, 7) is 0.320. The molecule has 0 unspecified atom stereocenters. The van der Waals surface area contributed by atoms with Gasteiger partial charge in [0.05, 0.1) is 11.3 Å². The number of benzene rings is 1. The third-order valence-corrected chi connectivity index (χ3v) is 2.24. The lowest BCUT2D eigenvalue weighted by molar-refractivity contribution is 0.112. The number of aromatic hydroxyl groups is 1. The molecule has 0 amide bonds. The van der Waals surface area contributed by atoms with Gasteiger partial charge in [-0.1, -0.05) is 6.07 Å². The molecule has 0 radical (unpaired) electrons.